The maximum atomic E-state index is 11.4. The van der Waals surface area contributed by atoms with Crippen LogP contribution in [0.4, 0.5) is 0 Å². The zero-order valence-electron chi connectivity index (χ0n) is 11.8. The molecule has 1 fully saturated rings. The number of carboxylic acids is 1. The summed E-state index contributed by atoms with van der Waals surface area (Å²) in [5.74, 6) is -0.890. The summed E-state index contributed by atoms with van der Waals surface area (Å²) in [7, 11) is 2.13. The molecule has 1 aromatic heterocycles. The van der Waals surface area contributed by atoms with Gasteiger partial charge in [0.1, 0.15) is 0 Å². The molecule has 2 unspecified atom stereocenters. The number of hydrogen-bond donors (Lipinski definition) is 1. The predicted molar refractivity (Wildman–Crippen MR) is 77.1 cm³/mol. The normalized spacial score (nSPS) is 24.1. The van der Waals surface area contributed by atoms with Crippen LogP contribution >= 0.6 is 0 Å². The number of fused-ring (bicyclic) bond motifs is 1. The van der Waals surface area contributed by atoms with Gasteiger partial charge in [0.2, 0.25) is 0 Å². The van der Waals surface area contributed by atoms with E-state index in [1.165, 1.54) is 0 Å². The standard InChI is InChI=1S/C15H19N3O2/c1-10-8-11(6-7-17(10)2)18-9-16-13-5-3-4-12(14(13)18)15(19)20/h3-5,9-11H,6-8H2,1-2H3,(H,19,20). The number of aromatic carboxylic acids is 1. The molecule has 2 aromatic rings. The van der Waals surface area contributed by atoms with Gasteiger partial charge in [-0.05, 0) is 38.9 Å². The fourth-order valence-corrected chi connectivity index (χ4v) is 3.06. The summed E-state index contributed by atoms with van der Waals surface area (Å²) in [4.78, 5) is 18.1. The monoisotopic (exact) mass is 273 g/mol. The van der Waals surface area contributed by atoms with Crippen molar-refractivity contribution >= 4 is 17.0 Å². The number of benzene rings is 1. The fourth-order valence-electron chi connectivity index (χ4n) is 3.06. The van der Waals surface area contributed by atoms with E-state index in [1.54, 1.807) is 18.5 Å². The molecule has 0 saturated carbocycles. The number of rotatable bonds is 2. The molecule has 1 saturated heterocycles. The molecule has 1 aliphatic rings. The van der Waals surface area contributed by atoms with E-state index in [4.69, 9.17) is 0 Å². The van der Waals surface area contributed by atoms with Crippen molar-refractivity contribution < 1.29 is 9.90 Å². The first-order valence-electron chi connectivity index (χ1n) is 6.97. The van der Waals surface area contributed by atoms with E-state index in [-0.39, 0.29) is 0 Å². The molecule has 106 valence electrons. The SMILES string of the molecule is CC1CC(n2cnc3cccc(C(=O)O)c32)CCN1C. The highest BCUT2D eigenvalue weighted by Gasteiger charge is 2.26. The molecule has 20 heavy (non-hydrogen) atoms. The minimum absolute atomic E-state index is 0.326. The van der Waals surface area contributed by atoms with Crippen LogP contribution in [0.5, 0.6) is 0 Å². The van der Waals surface area contributed by atoms with Crippen molar-refractivity contribution in [2.45, 2.75) is 31.8 Å². The number of carbonyl (C=O) groups is 1. The Balaban J connectivity index is 2.06. The Labute approximate surface area is 117 Å². The summed E-state index contributed by atoms with van der Waals surface area (Å²) in [5, 5.41) is 9.37. The summed E-state index contributed by atoms with van der Waals surface area (Å²) in [6, 6.07) is 6.10. The summed E-state index contributed by atoms with van der Waals surface area (Å²) in [6.45, 7) is 3.24. The van der Waals surface area contributed by atoms with E-state index in [2.05, 4.69) is 28.4 Å². The van der Waals surface area contributed by atoms with Gasteiger partial charge in [-0.2, -0.15) is 0 Å². The molecule has 0 spiro atoms. The van der Waals surface area contributed by atoms with Gasteiger partial charge in [0.05, 0.1) is 22.9 Å². The van der Waals surface area contributed by atoms with Crippen LogP contribution in [0.25, 0.3) is 11.0 Å². The maximum absolute atomic E-state index is 11.4. The molecule has 3 rings (SSSR count). The minimum atomic E-state index is -0.890. The third-order valence-corrected chi connectivity index (χ3v) is 4.40. The highest BCUT2D eigenvalue weighted by molar-refractivity contribution is 6.01. The molecule has 0 bridgehead atoms. The van der Waals surface area contributed by atoms with E-state index in [9.17, 15) is 9.90 Å². The van der Waals surface area contributed by atoms with Crippen molar-refractivity contribution in [1.29, 1.82) is 0 Å². The number of piperidine rings is 1. The van der Waals surface area contributed by atoms with Gasteiger partial charge in [0.15, 0.2) is 0 Å². The minimum Gasteiger partial charge on any atom is -0.478 e. The first-order valence-corrected chi connectivity index (χ1v) is 6.97. The van der Waals surface area contributed by atoms with E-state index in [0.29, 0.717) is 17.6 Å². The second kappa shape index (κ2) is 4.90. The van der Waals surface area contributed by atoms with Gasteiger partial charge in [-0.1, -0.05) is 6.07 Å². The van der Waals surface area contributed by atoms with Crippen LogP contribution in [-0.4, -0.2) is 45.2 Å². The lowest BCUT2D eigenvalue weighted by molar-refractivity contribution is 0.0698. The Bertz CT molecular complexity index is 650. The maximum Gasteiger partial charge on any atom is 0.337 e. The average molecular weight is 273 g/mol. The van der Waals surface area contributed by atoms with E-state index in [1.807, 2.05) is 6.07 Å². The third-order valence-electron chi connectivity index (χ3n) is 4.40. The number of nitrogens with zero attached hydrogens (tertiary/aromatic N) is 3. The zero-order chi connectivity index (χ0) is 14.3. The highest BCUT2D eigenvalue weighted by Crippen LogP contribution is 2.30. The van der Waals surface area contributed by atoms with Crippen molar-refractivity contribution in [3.63, 3.8) is 0 Å². The number of likely N-dealkylation sites (tertiary alicyclic amines) is 1. The molecule has 5 heteroatoms. The Morgan fingerprint density at radius 2 is 2.25 bits per heavy atom. The molecule has 0 amide bonds. The number of aromatic nitrogens is 2. The van der Waals surface area contributed by atoms with Crippen molar-refractivity contribution in [2.75, 3.05) is 13.6 Å². The third kappa shape index (κ3) is 2.08. The summed E-state index contributed by atoms with van der Waals surface area (Å²) in [5.41, 5.74) is 1.85. The van der Waals surface area contributed by atoms with E-state index < -0.39 is 5.97 Å². The topological polar surface area (TPSA) is 58.4 Å². The lowest BCUT2D eigenvalue weighted by Gasteiger charge is -2.35. The Kier molecular flexibility index (Phi) is 3.22. The van der Waals surface area contributed by atoms with Crippen LogP contribution in [-0.2, 0) is 0 Å². The second-order valence-electron chi connectivity index (χ2n) is 5.64. The first-order chi connectivity index (χ1) is 9.58. The van der Waals surface area contributed by atoms with Crippen LogP contribution in [0.1, 0.15) is 36.2 Å². The first kappa shape index (κ1) is 13.1. The van der Waals surface area contributed by atoms with Gasteiger partial charge in [0, 0.05) is 18.6 Å². The van der Waals surface area contributed by atoms with Crippen LogP contribution in [0.2, 0.25) is 0 Å². The molecule has 1 aromatic carbocycles. The van der Waals surface area contributed by atoms with Crippen molar-refractivity contribution in [3.05, 3.63) is 30.1 Å². The van der Waals surface area contributed by atoms with Crippen molar-refractivity contribution in [2.24, 2.45) is 0 Å². The summed E-state index contributed by atoms with van der Waals surface area (Å²) in [6.07, 6.45) is 3.84. The Morgan fingerprint density at radius 1 is 1.45 bits per heavy atom. The number of imidazole rings is 1. The lowest BCUT2D eigenvalue weighted by atomic mass is 9.98. The van der Waals surface area contributed by atoms with Gasteiger partial charge in [-0.25, -0.2) is 9.78 Å². The average Bonchev–Trinajstić information content (AvgIpc) is 2.85. The number of hydrogen-bond acceptors (Lipinski definition) is 3. The van der Waals surface area contributed by atoms with Gasteiger partial charge >= 0.3 is 5.97 Å². The predicted octanol–water partition coefficient (Wildman–Crippen LogP) is 2.39. The second-order valence-corrected chi connectivity index (χ2v) is 5.64. The highest BCUT2D eigenvalue weighted by atomic mass is 16.4. The molecular weight excluding hydrogens is 254 g/mol. The number of carboxylic acid groups (broad SMARTS) is 1. The van der Waals surface area contributed by atoms with E-state index in [0.717, 1.165) is 30.4 Å². The molecular formula is C15H19N3O2. The van der Waals surface area contributed by atoms with Gasteiger partial charge in [0.25, 0.3) is 0 Å². The van der Waals surface area contributed by atoms with Gasteiger partial charge in [-0.3, -0.25) is 0 Å². The van der Waals surface area contributed by atoms with Gasteiger partial charge in [-0.15, -0.1) is 0 Å². The van der Waals surface area contributed by atoms with E-state index >= 15 is 0 Å². The van der Waals surface area contributed by atoms with Crippen LogP contribution in [0, 0.1) is 0 Å². The quantitative estimate of drug-likeness (QED) is 0.912. The molecule has 1 N–H and O–H groups in total. The molecule has 5 nitrogen and oxygen atoms in total. The Morgan fingerprint density at radius 3 is 2.95 bits per heavy atom. The molecule has 1 aliphatic heterocycles. The van der Waals surface area contributed by atoms with Gasteiger partial charge < -0.3 is 14.6 Å². The van der Waals surface area contributed by atoms with Crippen molar-refractivity contribution in [1.82, 2.24) is 14.5 Å². The zero-order valence-corrected chi connectivity index (χ0v) is 11.8. The molecule has 0 aliphatic carbocycles. The smallest absolute Gasteiger partial charge is 0.337 e. The largest absolute Gasteiger partial charge is 0.478 e. The van der Waals surface area contributed by atoms with Crippen molar-refractivity contribution in [3.8, 4) is 0 Å². The molecule has 2 atom stereocenters. The van der Waals surface area contributed by atoms with Crippen LogP contribution in [0.3, 0.4) is 0 Å². The molecule has 0 radical (unpaired) electrons. The summed E-state index contributed by atoms with van der Waals surface area (Å²) >= 11 is 0. The number of para-hydroxylation sites is 1. The van der Waals surface area contributed by atoms with Crippen LogP contribution < -0.4 is 0 Å². The fraction of sp³-hybridized carbons (Fsp3) is 0.467. The molecule has 2 heterocycles. The lowest BCUT2D eigenvalue weighted by Crippen LogP contribution is -2.38. The van der Waals surface area contributed by atoms with Crippen LogP contribution in [0.15, 0.2) is 24.5 Å². The summed E-state index contributed by atoms with van der Waals surface area (Å²) < 4.78 is 2.06. The Hall–Kier alpha value is -1.88.